The number of rotatable bonds is 2. The zero-order valence-corrected chi connectivity index (χ0v) is 10.6. The van der Waals surface area contributed by atoms with E-state index in [4.69, 9.17) is 0 Å². The molecule has 0 N–H and O–H groups in total. The minimum absolute atomic E-state index is 1.10. The molecule has 3 rings (SSSR count). The predicted octanol–water partition coefficient (Wildman–Crippen LogP) is 5.13. The molecule has 0 saturated heterocycles. The average molecular weight is 238 g/mol. The minimum Gasteiger partial charge on any atom is -0.143 e. The van der Waals surface area contributed by atoms with Gasteiger partial charge in [-0.15, -0.1) is 11.3 Å². The van der Waals surface area contributed by atoms with Crippen LogP contribution in [0.5, 0.6) is 0 Å². The Kier molecular flexibility index (Phi) is 2.69. The van der Waals surface area contributed by atoms with Crippen LogP contribution in [0.4, 0.5) is 0 Å². The van der Waals surface area contributed by atoms with Crippen molar-refractivity contribution in [2.75, 3.05) is 0 Å². The third-order valence-electron chi connectivity index (χ3n) is 3.13. The van der Waals surface area contributed by atoms with Crippen LogP contribution in [-0.2, 0) is 6.42 Å². The monoisotopic (exact) mass is 238 g/mol. The van der Waals surface area contributed by atoms with Gasteiger partial charge in [-0.3, -0.25) is 0 Å². The first-order valence-corrected chi connectivity index (χ1v) is 6.82. The number of aryl methyl sites for hydroxylation is 1. The minimum atomic E-state index is 1.10. The van der Waals surface area contributed by atoms with Crippen molar-refractivity contribution < 1.29 is 0 Å². The first kappa shape index (κ1) is 10.5. The Morgan fingerprint density at radius 3 is 2.59 bits per heavy atom. The van der Waals surface area contributed by atoms with Crippen LogP contribution in [0.25, 0.3) is 21.2 Å². The number of hydrogen-bond acceptors (Lipinski definition) is 1. The maximum Gasteiger partial charge on any atom is 0.0349 e. The number of benzene rings is 2. The Balaban J connectivity index is 2.23. The molecule has 17 heavy (non-hydrogen) atoms. The molecule has 0 aliphatic heterocycles. The third kappa shape index (κ3) is 1.87. The highest BCUT2D eigenvalue weighted by molar-refractivity contribution is 7.17. The summed E-state index contributed by atoms with van der Waals surface area (Å²) >= 11 is 1.83. The van der Waals surface area contributed by atoms with Crippen LogP contribution in [0.15, 0.2) is 53.9 Å². The van der Waals surface area contributed by atoms with Crippen molar-refractivity contribution in [1.29, 1.82) is 0 Å². The molecule has 1 heterocycles. The second-order valence-electron chi connectivity index (χ2n) is 4.20. The summed E-state index contributed by atoms with van der Waals surface area (Å²) in [6.07, 6.45) is 1.10. The molecule has 2 aromatic carbocycles. The van der Waals surface area contributed by atoms with Gasteiger partial charge in [0.05, 0.1) is 0 Å². The van der Waals surface area contributed by atoms with Gasteiger partial charge in [-0.2, -0.15) is 0 Å². The summed E-state index contributed by atoms with van der Waals surface area (Å²) < 4.78 is 1.38. The van der Waals surface area contributed by atoms with Gasteiger partial charge in [0, 0.05) is 15.6 Å². The zero-order valence-electron chi connectivity index (χ0n) is 9.81. The number of fused-ring (bicyclic) bond motifs is 1. The molecule has 1 heteroatoms. The highest BCUT2D eigenvalue weighted by Gasteiger charge is 2.06. The largest absolute Gasteiger partial charge is 0.143 e. The molecule has 0 amide bonds. The molecule has 0 atom stereocenters. The topological polar surface area (TPSA) is 0 Å². The predicted molar refractivity (Wildman–Crippen MR) is 76.6 cm³/mol. The van der Waals surface area contributed by atoms with E-state index in [9.17, 15) is 0 Å². The summed E-state index contributed by atoms with van der Waals surface area (Å²) in [5, 5.41) is 3.65. The van der Waals surface area contributed by atoms with Gasteiger partial charge >= 0.3 is 0 Å². The van der Waals surface area contributed by atoms with Gasteiger partial charge in [-0.05, 0) is 35.1 Å². The maximum absolute atomic E-state index is 2.33. The quantitative estimate of drug-likeness (QED) is 0.580. The molecule has 3 aromatic rings. The first-order valence-electron chi connectivity index (χ1n) is 5.94. The lowest BCUT2D eigenvalue weighted by Crippen LogP contribution is -1.79. The molecular weight excluding hydrogens is 224 g/mol. The lowest BCUT2D eigenvalue weighted by Gasteiger charge is -2.01. The number of thiophene rings is 1. The SMILES string of the molecule is CCc1ccc2scc(-c3ccccc3)c2c1. The Hall–Kier alpha value is -1.60. The molecule has 84 valence electrons. The van der Waals surface area contributed by atoms with Crippen molar-refractivity contribution in [3.05, 3.63) is 59.5 Å². The van der Waals surface area contributed by atoms with E-state index in [1.54, 1.807) is 0 Å². The standard InChI is InChI=1S/C16H14S/c1-2-12-8-9-16-14(10-12)15(11-17-16)13-6-4-3-5-7-13/h3-11H,2H2,1H3. The van der Waals surface area contributed by atoms with Gasteiger partial charge in [0.15, 0.2) is 0 Å². The van der Waals surface area contributed by atoms with Crippen LogP contribution in [0, 0.1) is 0 Å². The lowest BCUT2D eigenvalue weighted by molar-refractivity contribution is 1.15. The molecule has 0 saturated carbocycles. The summed E-state index contributed by atoms with van der Waals surface area (Å²) in [4.78, 5) is 0. The Morgan fingerprint density at radius 2 is 1.82 bits per heavy atom. The molecule has 1 aromatic heterocycles. The smallest absolute Gasteiger partial charge is 0.0349 e. The molecule has 0 bridgehead atoms. The van der Waals surface area contributed by atoms with Gasteiger partial charge in [0.2, 0.25) is 0 Å². The fraction of sp³-hybridized carbons (Fsp3) is 0.125. The molecule has 0 fully saturated rings. The molecule has 0 aliphatic rings. The maximum atomic E-state index is 2.33. The fourth-order valence-electron chi connectivity index (χ4n) is 2.14. The van der Waals surface area contributed by atoms with Crippen molar-refractivity contribution >= 4 is 21.4 Å². The van der Waals surface area contributed by atoms with E-state index in [1.165, 1.54) is 26.8 Å². The van der Waals surface area contributed by atoms with Crippen molar-refractivity contribution in [2.24, 2.45) is 0 Å². The van der Waals surface area contributed by atoms with E-state index < -0.39 is 0 Å². The van der Waals surface area contributed by atoms with Crippen LogP contribution >= 0.6 is 11.3 Å². The Bertz CT molecular complexity index is 635. The summed E-state index contributed by atoms with van der Waals surface area (Å²) in [7, 11) is 0. The third-order valence-corrected chi connectivity index (χ3v) is 4.09. The van der Waals surface area contributed by atoms with E-state index >= 15 is 0 Å². The molecular formula is C16H14S. The second-order valence-corrected chi connectivity index (χ2v) is 5.11. The lowest BCUT2D eigenvalue weighted by atomic mass is 10.0. The normalized spacial score (nSPS) is 10.9. The number of hydrogen-bond donors (Lipinski definition) is 0. The van der Waals surface area contributed by atoms with Crippen LogP contribution in [0.2, 0.25) is 0 Å². The van der Waals surface area contributed by atoms with Crippen molar-refractivity contribution in [3.63, 3.8) is 0 Å². The first-order chi connectivity index (χ1) is 8.38. The van der Waals surface area contributed by atoms with E-state index in [-0.39, 0.29) is 0 Å². The molecule has 0 unspecified atom stereocenters. The fourth-order valence-corrected chi connectivity index (χ4v) is 3.09. The summed E-state index contributed by atoms with van der Waals surface area (Å²) in [6.45, 7) is 2.20. The van der Waals surface area contributed by atoms with Crippen molar-refractivity contribution in [3.8, 4) is 11.1 Å². The van der Waals surface area contributed by atoms with Crippen LogP contribution < -0.4 is 0 Å². The molecule has 0 radical (unpaired) electrons. The molecule has 0 aliphatic carbocycles. The van der Waals surface area contributed by atoms with Gasteiger partial charge in [-0.25, -0.2) is 0 Å². The average Bonchev–Trinajstić information content (AvgIpc) is 2.82. The highest BCUT2D eigenvalue weighted by Crippen LogP contribution is 2.34. The van der Waals surface area contributed by atoms with Crippen LogP contribution in [0.3, 0.4) is 0 Å². The van der Waals surface area contributed by atoms with Gasteiger partial charge in [0.1, 0.15) is 0 Å². The van der Waals surface area contributed by atoms with E-state index in [1.807, 2.05) is 11.3 Å². The second kappa shape index (κ2) is 4.34. The van der Waals surface area contributed by atoms with Gasteiger partial charge in [0.25, 0.3) is 0 Å². The van der Waals surface area contributed by atoms with Gasteiger partial charge in [-0.1, -0.05) is 43.3 Å². The van der Waals surface area contributed by atoms with Crippen molar-refractivity contribution in [2.45, 2.75) is 13.3 Å². The molecule has 0 nitrogen and oxygen atoms in total. The van der Waals surface area contributed by atoms with E-state index in [0.717, 1.165) is 6.42 Å². The highest BCUT2D eigenvalue weighted by atomic mass is 32.1. The zero-order chi connectivity index (χ0) is 11.7. The Labute approximate surface area is 106 Å². The van der Waals surface area contributed by atoms with Crippen LogP contribution in [0.1, 0.15) is 12.5 Å². The van der Waals surface area contributed by atoms with E-state index in [2.05, 4.69) is 60.8 Å². The van der Waals surface area contributed by atoms with Crippen LogP contribution in [-0.4, -0.2) is 0 Å². The summed E-state index contributed by atoms with van der Waals surface area (Å²) in [5.41, 5.74) is 4.08. The van der Waals surface area contributed by atoms with E-state index in [0.29, 0.717) is 0 Å². The van der Waals surface area contributed by atoms with Crippen molar-refractivity contribution in [1.82, 2.24) is 0 Å². The summed E-state index contributed by atoms with van der Waals surface area (Å²) in [6, 6.07) is 17.4. The van der Waals surface area contributed by atoms with Gasteiger partial charge < -0.3 is 0 Å². The molecule has 0 spiro atoms. The Morgan fingerprint density at radius 1 is 1.00 bits per heavy atom. The summed E-state index contributed by atoms with van der Waals surface area (Å²) in [5.74, 6) is 0.